The number of nitrogens with two attached hydrogens (primary N) is 2. The highest BCUT2D eigenvalue weighted by Gasteiger charge is 2.41. The Balaban J connectivity index is 1.50. The first-order chi connectivity index (χ1) is 46.2. The van der Waals surface area contributed by atoms with Gasteiger partial charge in [0.2, 0.25) is 65.0 Å². The first kappa shape index (κ1) is 79.3. The van der Waals surface area contributed by atoms with Crippen LogP contribution in [-0.4, -0.2) is 227 Å². The van der Waals surface area contributed by atoms with Crippen molar-refractivity contribution in [3.63, 3.8) is 0 Å². The maximum absolute atomic E-state index is 14.4. The van der Waals surface area contributed by atoms with Crippen LogP contribution in [0, 0.1) is 5.41 Å². The van der Waals surface area contributed by atoms with E-state index in [1.54, 1.807) is 60.7 Å². The van der Waals surface area contributed by atoms with E-state index in [2.05, 4.69) is 68.5 Å². The Hall–Kier alpha value is -11.1. The van der Waals surface area contributed by atoms with E-state index in [1.807, 2.05) is 0 Å². The lowest BCUT2D eigenvalue weighted by Crippen LogP contribution is -2.61. The number of aromatic nitrogens is 2. The Morgan fingerprint density at radius 2 is 1.03 bits per heavy atom. The van der Waals surface area contributed by atoms with Crippen LogP contribution in [0.15, 0.2) is 73.2 Å². The summed E-state index contributed by atoms with van der Waals surface area (Å²) in [6.45, 7) is 4.72. The number of carbonyl (C=O) groups excluding carboxylic acids is 11. The van der Waals surface area contributed by atoms with Gasteiger partial charge in [0.1, 0.15) is 66.5 Å². The van der Waals surface area contributed by atoms with Gasteiger partial charge in [-0.1, -0.05) is 60.7 Å². The van der Waals surface area contributed by atoms with Crippen molar-refractivity contribution in [1.82, 2.24) is 73.4 Å². The average Bonchev–Trinajstić information content (AvgIpc) is 1.59. The number of nitrogens with one attached hydrogen (secondary N) is 13. The fourth-order valence-electron chi connectivity index (χ4n) is 9.88. The molecule has 534 valence electrons. The molecule has 1 fully saturated rings. The summed E-state index contributed by atoms with van der Waals surface area (Å²) < 4.78 is 0. The quantitative estimate of drug-likeness (QED) is 0.0143. The summed E-state index contributed by atoms with van der Waals surface area (Å²) >= 11 is 0. The second-order valence-corrected chi connectivity index (χ2v) is 23.2. The molecule has 0 aliphatic carbocycles. The van der Waals surface area contributed by atoms with Crippen molar-refractivity contribution in [1.29, 1.82) is 5.41 Å². The highest BCUT2D eigenvalue weighted by atomic mass is 16.4. The molecule has 0 spiro atoms. The van der Waals surface area contributed by atoms with E-state index in [0.29, 0.717) is 23.2 Å². The van der Waals surface area contributed by atoms with Crippen molar-refractivity contribution in [2.24, 2.45) is 11.5 Å². The molecule has 11 amide bonds. The van der Waals surface area contributed by atoms with Crippen LogP contribution in [-0.2, 0) is 91.2 Å². The Bertz CT molecular complexity index is 3320. The Kier molecular flexibility index (Phi) is 31.6. The molecular weight excluding hydrogens is 1290 g/mol. The number of hydrogen-bond acceptors (Lipinski definition) is 19. The number of carboxylic acids is 4. The lowest BCUT2D eigenvalue weighted by atomic mass is 10.0. The van der Waals surface area contributed by atoms with Gasteiger partial charge in [0.25, 0.3) is 0 Å². The van der Waals surface area contributed by atoms with Crippen LogP contribution in [0.3, 0.4) is 0 Å². The zero-order chi connectivity index (χ0) is 72.9. The van der Waals surface area contributed by atoms with E-state index in [9.17, 15) is 97.5 Å². The van der Waals surface area contributed by atoms with Crippen LogP contribution in [0.4, 0.5) is 0 Å². The highest BCUT2D eigenvalue weighted by Crippen LogP contribution is 2.21. The molecule has 37 heteroatoms. The summed E-state index contributed by atoms with van der Waals surface area (Å²) in [7, 11) is 0. The number of aromatic amines is 1. The molecule has 1 aliphatic heterocycles. The number of carboxylic acid groups (broad SMARTS) is 4. The monoisotopic (exact) mass is 1380 g/mol. The van der Waals surface area contributed by atoms with Gasteiger partial charge in [-0.25, -0.2) is 4.98 Å². The molecule has 2 heterocycles. The van der Waals surface area contributed by atoms with Gasteiger partial charge in [-0.15, -0.1) is 0 Å². The van der Waals surface area contributed by atoms with Crippen LogP contribution in [0.2, 0.25) is 0 Å². The SMILES string of the molecule is C[C@H](NC(=O)[C@@H](NC(=O)[C@H](CC(=O)O)NC(=O)[C@H](Cc1ccccc1)NC(=O)[C@H](Cc1ccccc1)NC(=O)[C@H](C)NC(=O)[C@H](C)NC(=O)[C@H](CCC(=O)O)NC(=O)[C@H](CC(=O)O)NC(=O)[C@@H]1CCCN1C(=O)[C@H](Cc1c[nH]cn1)NC(=O)[C@@H](N)CCCNC(=N)N)[C@@H](C)O)C(=O)O. The van der Waals surface area contributed by atoms with Gasteiger partial charge in [-0.3, -0.25) is 77.3 Å². The average molecular weight is 1380 g/mol. The zero-order valence-electron chi connectivity index (χ0n) is 54.0. The lowest BCUT2D eigenvalue weighted by molar-refractivity contribution is -0.144. The smallest absolute Gasteiger partial charge is 0.325 e. The summed E-state index contributed by atoms with van der Waals surface area (Å²) in [6, 6.07) is -3.06. The third-order valence-corrected chi connectivity index (χ3v) is 15.2. The van der Waals surface area contributed by atoms with E-state index in [4.69, 9.17) is 16.9 Å². The summed E-state index contributed by atoms with van der Waals surface area (Å²) in [5, 5.41) is 82.1. The van der Waals surface area contributed by atoms with Crippen LogP contribution < -0.4 is 70.0 Å². The summed E-state index contributed by atoms with van der Waals surface area (Å²) in [4.78, 5) is 208. The number of amides is 11. The van der Waals surface area contributed by atoms with Gasteiger partial charge in [-0.05, 0) is 70.9 Å². The molecule has 1 aromatic heterocycles. The molecule has 3 aromatic rings. The van der Waals surface area contributed by atoms with E-state index in [-0.39, 0.29) is 57.6 Å². The zero-order valence-corrected chi connectivity index (χ0v) is 54.0. The molecule has 0 saturated carbocycles. The van der Waals surface area contributed by atoms with Crippen molar-refractivity contribution in [2.45, 2.75) is 177 Å². The van der Waals surface area contributed by atoms with Crippen molar-refractivity contribution in [3.05, 3.63) is 90.0 Å². The minimum Gasteiger partial charge on any atom is -0.481 e. The second kappa shape index (κ2) is 39.1. The number of aliphatic hydroxyl groups excluding tert-OH is 1. The van der Waals surface area contributed by atoms with Gasteiger partial charge in [0, 0.05) is 45.0 Å². The Labute approximate surface area is 560 Å². The van der Waals surface area contributed by atoms with Crippen molar-refractivity contribution in [3.8, 4) is 0 Å². The number of likely N-dealkylation sites (tertiary alicyclic amines) is 1. The number of carbonyl (C=O) groups is 15. The minimum atomic E-state index is -1.98. The molecule has 1 aliphatic rings. The largest absolute Gasteiger partial charge is 0.481 e. The summed E-state index contributed by atoms with van der Waals surface area (Å²) in [5.41, 5.74) is 12.7. The predicted molar refractivity (Wildman–Crippen MR) is 341 cm³/mol. The van der Waals surface area contributed by atoms with Crippen molar-refractivity contribution >= 4 is 94.8 Å². The van der Waals surface area contributed by atoms with Gasteiger partial charge in [-0.2, -0.15) is 0 Å². The van der Waals surface area contributed by atoms with Crippen LogP contribution in [0.5, 0.6) is 0 Å². The standard InChI is InChI=1S/C61H85N17O20/c1-30(69-52(89)38(19-20-45(80)81)71-55(92)41(26-46(82)83)75-57(94)44-18-12-22-78(44)59(96)43(25-36-28-65-29-67-36)76-51(88)37(62)17-11-21-66-61(63)64)49(86)68-31(2)50(87)72-39(23-34-13-7-5-8-14-34)53(90)73-40(24-35-15-9-6-10-16-35)54(91)74-42(27-47(84)85)56(93)77-48(33(4)79)58(95)70-32(3)60(97)98/h5-10,13-16,28-33,37-44,48,79H,11-12,17-27,62H2,1-4H3,(H,65,67)(H,68,86)(H,69,89)(H,70,95)(H,71,92)(H,72,87)(H,73,90)(H,74,91)(H,75,94)(H,76,88)(H,77,93)(H,80,81)(H,82,83)(H,84,85)(H,97,98)(H4,63,64,66)/t30-,31-,32-,33+,37-,38-,39-,40-,41-,42-,43-,44-,48-/m0/s1. The summed E-state index contributed by atoms with van der Waals surface area (Å²) in [6.07, 6.45) is -2.49. The number of hydrogen-bond donors (Lipinski definition) is 20. The van der Waals surface area contributed by atoms with Crippen LogP contribution in [0.1, 0.15) is 95.9 Å². The van der Waals surface area contributed by atoms with E-state index in [0.717, 1.165) is 25.7 Å². The first-order valence-electron chi connectivity index (χ1n) is 31.0. The molecule has 1 saturated heterocycles. The number of guanidine groups is 1. The number of H-pyrrole nitrogens is 1. The molecule has 0 radical (unpaired) electrons. The van der Waals surface area contributed by atoms with Gasteiger partial charge >= 0.3 is 23.9 Å². The molecule has 0 bridgehead atoms. The fraction of sp³-hybridized carbons (Fsp3) is 0.492. The third-order valence-electron chi connectivity index (χ3n) is 15.2. The van der Waals surface area contributed by atoms with Gasteiger partial charge in [0.05, 0.1) is 37.0 Å². The first-order valence-corrected chi connectivity index (χ1v) is 31.0. The number of nitrogens with zero attached hydrogens (tertiary/aromatic N) is 2. The van der Waals surface area contributed by atoms with E-state index in [1.165, 1.54) is 19.4 Å². The molecule has 0 unspecified atom stereocenters. The fourth-order valence-corrected chi connectivity index (χ4v) is 9.88. The molecule has 22 N–H and O–H groups in total. The Morgan fingerprint density at radius 1 is 0.561 bits per heavy atom. The van der Waals surface area contributed by atoms with Crippen LogP contribution in [0.25, 0.3) is 0 Å². The van der Waals surface area contributed by atoms with Crippen molar-refractivity contribution in [2.75, 3.05) is 13.1 Å². The topological polar surface area (TPSA) is 597 Å². The number of imidazole rings is 1. The summed E-state index contributed by atoms with van der Waals surface area (Å²) in [5.74, 6) is -18.1. The molecule has 4 rings (SSSR count). The predicted octanol–water partition coefficient (Wildman–Crippen LogP) is -5.79. The number of aliphatic carboxylic acids is 4. The normalized spacial score (nSPS) is 16.2. The number of benzene rings is 2. The highest BCUT2D eigenvalue weighted by molar-refractivity contribution is 6.00. The van der Waals surface area contributed by atoms with Crippen LogP contribution >= 0.6 is 0 Å². The molecule has 98 heavy (non-hydrogen) atoms. The number of aliphatic hydroxyl groups is 1. The molecular formula is C61H85N17O20. The molecule has 37 nitrogen and oxygen atoms in total. The third kappa shape index (κ3) is 26.6. The maximum Gasteiger partial charge on any atom is 0.325 e. The van der Waals surface area contributed by atoms with Gasteiger partial charge in [0.15, 0.2) is 5.96 Å². The van der Waals surface area contributed by atoms with E-state index < -0.39 is 193 Å². The Morgan fingerprint density at radius 3 is 1.54 bits per heavy atom. The molecule has 13 atom stereocenters. The number of rotatable bonds is 40. The lowest BCUT2D eigenvalue weighted by Gasteiger charge is -2.30. The van der Waals surface area contributed by atoms with E-state index >= 15 is 0 Å². The minimum absolute atomic E-state index is 0.0126. The maximum atomic E-state index is 14.4. The second-order valence-electron chi connectivity index (χ2n) is 23.2. The molecule has 2 aromatic carbocycles. The van der Waals surface area contributed by atoms with Crippen molar-refractivity contribution < 1.29 is 97.5 Å². The van der Waals surface area contributed by atoms with Gasteiger partial charge < -0.3 is 105 Å².